The number of halogens is 1. The van der Waals surface area contributed by atoms with Gasteiger partial charge in [-0.3, -0.25) is 4.90 Å². The zero-order chi connectivity index (χ0) is 10.6. The van der Waals surface area contributed by atoms with Crippen LogP contribution in [0.2, 0.25) is 0 Å². The van der Waals surface area contributed by atoms with Crippen molar-refractivity contribution in [3.63, 3.8) is 0 Å². The quantitative estimate of drug-likeness (QED) is 0.756. The summed E-state index contributed by atoms with van der Waals surface area (Å²) in [6.07, 6.45) is 6.14. The molecule has 0 aromatic rings. The summed E-state index contributed by atoms with van der Waals surface area (Å²) in [6.45, 7) is 4.88. The number of hydrogen-bond acceptors (Lipinski definition) is 2. The number of nitrogens with zero attached hydrogens (tertiary/aromatic N) is 1. The van der Waals surface area contributed by atoms with Crippen molar-refractivity contribution >= 4 is 0 Å². The van der Waals surface area contributed by atoms with Gasteiger partial charge in [0, 0.05) is 19.6 Å². The second-order valence-corrected chi connectivity index (χ2v) is 5.09. The van der Waals surface area contributed by atoms with E-state index in [0.29, 0.717) is 6.54 Å². The monoisotopic (exact) mass is 214 g/mol. The first-order chi connectivity index (χ1) is 7.29. The molecule has 1 aliphatic heterocycles. The minimum Gasteiger partial charge on any atom is -0.315 e. The van der Waals surface area contributed by atoms with E-state index in [2.05, 4.69) is 10.2 Å². The highest BCUT2D eigenvalue weighted by Gasteiger charge is 2.33. The second-order valence-electron chi connectivity index (χ2n) is 5.09. The summed E-state index contributed by atoms with van der Waals surface area (Å²) in [5, 5.41) is 3.36. The van der Waals surface area contributed by atoms with Crippen LogP contribution < -0.4 is 5.32 Å². The Morgan fingerprint density at radius 3 is 2.60 bits per heavy atom. The number of nitrogens with one attached hydrogen (secondary N) is 1. The zero-order valence-electron chi connectivity index (χ0n) is 9.60. The average Bonchev–Trinajstić information content (AvgIpc) is 2.47. The van der Waals surface area contributed by atoms with Gasteiger partial charge in [0.1, 0.15) is 5.67 Å². The van der Waals surface area contributed by atoms with Gasteiger partial charge >= 0.3 is 0 Å². The predicted octanol–water partition coefficient (Wildman–Crippen LogP) is 1.95. The van der Waals surface area contributed by atoms with E-state index in [4.69, 9.17) is 0 Å². The first kappa shape index (κ1) is 11.3. The SMILES string of the molecule is FC1(CN2CCCNCC2)CCCCC1. The van der Waals surface area contributed by atoms with Crippen molar-refractivity contribution in [3.05, 3.63) is 0 Å². The Hall–Kier alpha value is -0.150. The number of hydrogen-bond donors (Lipinski definition) is 1. The maximum atomic E-state index is 14.4. The van der Waals surface area contributed by atoms with Crippen molar-refractivity contribution in [1.29, 1.82) is 0 Å². The highest BCUT2D eigenvalue weighted by molar-refractivity contribution is 4.86. The predicted molar refractivity (Wildman–Crippen MR) is 60.9 cm³/mol. The Labute approximate surface area is 92.2 Å². The van der Waals surface area contributed by atoms with Crippen LogP contribution in [-0.2, 0) is 0 Å². The van der Waals surface area contributed by atoms with Crippen molar-refractivity contribution in [1.82, 2.24) is 10.2 Å². The lowest BCUT2D eigenvalue weighted by Gasteiger charge is -2.34. The summed E-state index contributed by atoms with van der Waals surface area (Å²) >= 11 is 0. The molecule has 0 spiro atoms. The molecule has 0 amide bonds. The van der Waals surface area contributed by atoms with Gasteiger partial charge < -0.3 is 5.32 Å². The molecule has 0 atom stereocenters. The molecule has 0 radical (unpaired) electrons. The van der Waals surface area contributed by atoms with Crippen molar-refractivity contribution < 1.29 is 4.39 Å². The summed E-state index contributed by atoms with van der Waals surface area (Å²) in [4.78, 5) is 2.31. The largest absolute Gasteiger partial charge is 0.315 e. The van der Waals surface area contributed by atoms with Gasteiger partial charge in [-0.25, -0.2) is 4.39 Å². The molecule has 1 heterocycles. The van der Waals surface area contributed by atoms with E-state index in [0.717, 1.165) is 58.3 Å². The van der Waals surface area contributed by atoms with Crippen LogP contribution in [0.15, 0.2) is 0 Å². The van der Waals surface area contributed by atoms with E-state index in [1.807, 2.05) is 0 Å². The van der Waals surface area contributed by atoms with Crippen LogP contribution in [0.1, 0.15) is 38.5 Å². The second kappa shape index (κ2) is 5.26. The Kier molecular flexibility index (Phi) is 3.98. The Morgan fingerprint density at radius 1 is 1.00 bits per heavy atom. The van der Waals surface area contributed by atoms with Crippen LogP contribution in [0.25, 0.3) is 0 Å². The molecule has 1 N–H and O–H groups in total. The van der Waals surface area contributed by atoms with Gasteiger partial charge in [-0.05, 0) is 32.4 Å². The van der Waals surface area contributed by atoms with Crippen LogP contribution >= 0.6 is 0 Å². The molecule has 3 heteroatoms. The fraction of sp³-hybridized carbons (Fsp3) is 1.00. The van der Waals surface area contributed by atoms with Gasteiger partial charge in [0.2, 0.25) is 0 Å². The normalized spacial score (nSPS) is 28.6. The fourth-order valence-electron chi connectivity index (χ4n) is 2.80. The third-order valence-corrected chi connectivity index (χ3v) is 3.69. The van der Waals surface area contributed by atoms with Gasteiger partial charge in [-0.15, -0.1) is 0 Å². The van der Waals surface area contributed by atoms with Crippen molar-refractivity contribution in [2.24, 2.45) is 0 Å². The number of alkyl halides is 1. The lowest BCUT2D eigenvalue weighted by Crippen LogP contribution is -2.42. The molecule has 15 heavy (non-hydrogen) atoms. The molecule has 2 nitrogen and oxygen atoms in total. The summed E-state index contributed by atoms with van der Waals surface area (Å²) in [6, 6.07) is 0. The summed E-state index contributed by atoms with van der Waals surface area (Å²) < 4.78 is 14.4. The first-order valence-corrected chi connectivity index (χ1v) is 6.41. The molecule has 1 saturated carbocycles. The van der Waals surface area contributed by atoms with Gasteiger partial charge in [0.25, 0.3) is 0 Å². The number of rotatable bonds is 2. The lowest BCUT2D eigenvalue weighted by molar-refractivity contribution is 0.0577. The van der Waals surface area contributed by atoms with E-state index < -0.39 is 5.67 Å². The van der Waals surface area contributed by atoms with E-state index in [-0.39, 0.29) is 0 Å². The molecule has 2 fully saturated rings. The molecular formula is C12H23FN2. The topological polar surface area (TPSA) is 15.3 Å². The molecule has 0 aromatic heterocycles. The van der Waals surface area contributed by atoms with Crippen LogP contribution in [0.3, 0.4) is 0 Å². The standard InChI is InChI=1S/C12H23FN2/c13-12(5-2-1-3-6-12)11-15-9-4-7-14-8-10-15/h14H,1-11H2. The Bertz CT molecular complexity index is 182. The van der Waals surface area contributed by atoms with Crippen molar-refractivity contribution in [2.45, 2.75) is 44.2 Å². The van der Waals surface area contributed by atoms with Gasteiger partial charge in [-0.2, -0.15) is 0 Å². The van der Waals surface area contributed by atoms with Crippen molar-refractivity contribution in [2.75, 3.05) is 32.7 Å². The maximum Gasteiger partial charge on any atom is 0.123 e. The Morgan fingerprint density at radius 2 is 1.80 bits per heavy atom. The van der Waals surface area contributed by atoms with Gasteiger partial charge in [0.05, 0.1) is 0 Å². The average molecular weight is 214 g/mol. The van der Waals surface area contributed by atoms with Crippen LogP contribution in [0.4, 0.5) is 4.39 Å². The smallest absolute Gasteiger partial charge is 0.123 e. The third-order valence-electron chi connectivity index (χ3n) is 3.69. The minimum absolute atomic E-state index is 0.675. The van der Waals surface area contributed by atoms with Gasteiger partial charge in [-0.1, -0.05) is 19.3 Å². The van der Waals surface area contributed by atoms with Crippen LogP contribution in [-0.4, -0.2) is 43.3 Å². The minimum atomic E-state index is -0.872. The highest BCUT2D eigenvalue weighted by atomic mass is 19.1. The molecule has 0 bridgehead atoms. The molecule has 0 aromatic carbocycles. The summed E-state index contributed by atoms with van der Waals surface area (Å²) in [5.41, 5.74) is -0.872. The van der Waals surface area contributed by atoms with E-state index in [1.54, 1.807) is 0 Å². The molecule has 1 saturated heterocycles. The van der Waals surface area contributed by atoms with E-state index in [9.17, 15) is 4.39 Å². The Balaban J connectivity index is 1.82. The zero-order valence-corrected chi connectivity index (χ0v) is 9.60. The molecule has 2 rings (SSSR count). The summed E-state index contributed by atoms with van der Waals surface area (Å²) in [7, 11) is 0. The molecule has 88 valence electrons. The maximum absolute atomic E-state index is 14.4. The van der Waals surface area contributed by atoms with Crippen LogP contribution in [0.5, 0.6) is 0 Å². The third kappa shape index (κ3) is 3.42. The lowest BCUT2D eigenvalue weighted by atomic mass is 9.86. The molecule has 2 aliphatic rings. The van der Waals surface area contributed by atoms with Crippen LogP contribution in [0, 0.1) is 0 Å². The first-order valence-electron chi connectivity index (χ1n) is 6.41. The highest BCUT2D eigenvalue weighted by Crippen LogP contribution is 2.32. The molecule has 0 unspecified atom stereocenters. The molecular weight excluding hydrogens is 191 g/mol. The fourth-order valence-corrected chi connectivity index (χ4v) is 2.80. The molecule has 1 aliphatic carbocycles. The van der Waals surface area contributed by atoms with E-state index in [1.165, 1.54) is 6.42 Å². The van der Waals surface area contributed by atoms with E-state index >= 15 is 0 Å². The van der Waals surface area contributed by atoms with Gasteiger partial charge in [0.15, 0.2) is 0 Å². The van der Waals surface area contributed by atoms with Crippen molar-refractivity contribution in [3.8, 4) is 0 Å². The summed E-state index contributed by atoms with van der Waals surface area (Å²) in [5.74, 6) is 0.